The molecule has 0 amide bonds. The highest BCUT2D eigenvalue weighted by Gasteiger charge is 2.12. The maximum Gasteiger partial charge on any atom is 0.296 e. The molecule has 0 fully saturated rings. The van der Waals surface area contributed by atoms with Crippen LogP contribution < -0.4 is 5.56 Å². The number of rotatable bonds is 0. The van der Waals surface area contributed by atoms with Crippen LogP contribution in [0.15, 0.2) is 23.0 Å². The van der Waals surface area contributed by atoms with Crippen LogP contribution in [0.4, 0.5) is 0 Å². The predicted molar refractivity (Wildman–Crippen MR) is 57.3 cm³/mol. The first-order valence-electron chi connectivity index (χ1n) is 4.53. The van der Waals surface area contributed by atoms with Gasteiger partial charge in [-0.1, -0.05) is 6.07 Å². The van der Waals surface area contributed by atoms with E-state index in [-0.39, 0.29) is 5.75 Å². The molecule has 0 spiro atoms. The first-order valence-corrected chi connectivity index (χ1v) is 4.53. The molecule has 0 aliphatic heterocycles. The van der Waals surface area contributed by atoms with E-state index in [0.717, 1.165) is 5.56 Å². The van der Waals surface area contributed by atoms with E-state index in [2.05, 4.69) is 0 Å². The highest BCUT2D eigenvalue weighted by atomic mass is 16.3. The molecule has 0 aliphatic carbocycles. The highest BCUT2D eigenvalue weighted by molar-refractivity contribution is 5.87. The Morgan fingerprint density at radius 2 is 1.87 bits per heavy atom. The maximum atomic E-state index is 11.5. The predicted octanol–water partition coefficient (Wildman–Crippen LogP) is 1.26. The third-order valence-electron chi connectivity index (χ3n) is 2.50. The number of benzene rings is 1. The minimum Gasteiger partial charge on any atom is -0.504 e. The van der Waals surface area contributed by atoms with Crippen molar-refractivity contribution in [2.45, 2.75) is 6.92 Å². The second-order valence-corrected chi connectivity index (χ2v) is 3.58. The second kappa shape index (κ2) is 3.02. The summed E-state index contributed by atoms with van der Waals surface area (Å²) >= 11 is 0. The molecule has 2 N–H and O–H groups in total. The standard InChI is InChI=1S/C11H11NO3/c1-6-3-4-7-8(5-6)12(2)11(15)10(14)9(7)13/h3-5,13-14H,1-2H3. The Labute approximate surface area is 86.0 Å². The van der Waals surface area contributed by atoms with E-state index < -0.39 is 11.3 Å². The SMILES string of the molecule is Cc1ccc2c(O)c(O)c(=O)n(C)c2c1. The molecule has 2 aromatic rings. The van der Waals surface area contributed by atoms with Gasteiger partial charge >= 0.3 is 0 Å². The van der Waals surface area contributed by atoms with E-state index in [1.807, 2.05) is 13.0 Å². The Morgan fingerprint density at radius 1 is 1.20 bits per heavy atom. The van der Waals surface area contributed by atoms with Gasteiger partial charge in [0.25, 0.3) is 5.56 Å². The van der Waals surface area contributed by atoms with Crippen molar-refractivity contribution in [3.8, 4) is 11.5 Å². The normalized spacial score (nSPS) is 10.8. The van der Waals surface area contributed by atoms with E-state index in [4.69, 9.17) is 0 Å². The zero-order chi connectivity index (χ0) is 11.2. The van der Waals surface area contributed by atoms with Crippen molar-refractivity contribution in [2.24, 2.45) is 7.05 Å². The molecule has 0 bridgehead atoms. The smallest absolute Gasteiger partial charge is 0.296 e. The Morgan fingerprint density at radius 3 is 2.53 bits per heavy atom. The van der Waals surface area contributed by atoms with Crippen molar-refractivity contribution in [3.63, 3.8) is 0 Å². The Bertz CT molecular complexity index is 599. The zero-order valence-corrected chi connectivity index (χ0v) is 8.48. The minimum atomic E-state index is -0.603. The Kier molecular flexibility index (Phi) is 1.93. The summed E-state index contributed by atoms with van der Waals surface area (Å²) < 4.78 is 1.32. The first kappa shape index (κ1) is 9.58. The van der Waals surface area contributed by atoms with Gasteiger partial charge in [0.1, 0.15) is 0 Å². The van der Waals surface area contributed by atoms with Gasteiger partial charge in [-0.25, -0.2) is 0 Å². The lowest BCUT2D eigenvalue weighted by Crippen LogP contribution is -2.16. The van der Waals surface area contributed by atoms with Gasteiger partial charge in [-0.2, -0.15) is 0 Å². The molecule has 0 aliphatic rings. The Balaban J connectivity index is 3.07. The minimum absolute atomic E-state index is 0.354. The number of aromatic hydroxyl groups is 2. The molecule has 0 radical (unpaired) electrons. The molecule has 0 saturated heterocycles. The van der Waals surface area contributed by atoms with Gasteiger partial charge in [0.15, 0.2) is 5.75 Å². The number of aromatic nitrogens is 1. The van der Waals surface area contributed by atoms with Gasteiger partial charge in [-0.3, -0.25) is 4.79 Å². The quantitative estimate of drug-likeness (QED) is 0.680. The number of nitrogens with zero attached hydrogens (tertiary/aromatic N) is 1. The van der Waals surface area contributed by atoms with Gasteiger partial charge < -0.3 is 14.8 Å². The number of hydrogen-bond donors (Lipinski definition) is 2. The fourth-order valence-electron chi connectivity index (χ4n) is 1.62. The van der Waals surface area contributed by atoms with Crippen LogP contribution in [-0.4, -0.2) is 14.8 Å². The molecular formula is C11H11NO3. The number of aryl methyl sites for hydroxylation is 2. The van der Waals surface area contributed by atoms with Crippen molar-refractivity contribution >= 4 is 10.9 Å². The topological polar surface area (TPSA) is 62.5 Å². The Hall–Kier alpha value is -1.97. The van der Waals surface area contributed by atoms with Crippen molar-refractivity contribution in [1.82, 2.24) is 4.57 Å². The van der Waals surface area contributed by atoms with Crippen LogP contribution in [0, 0.1) is 6.92 Å². The van der Waals surface area contributed by atoms with Gasteiger partial charge in [-0.15, -0.1) is 0 Å². The average Bonchev–Trinajstić information content (AvgIpc) is 2.23. The van der Waals surface area contributed by atoms with Gasteiger partial charge in [-0.05, 0) is 24.6 Å². The number of fused-ring (bicyclic) bond motifs is 1. The molecule has 1 aromatic heterocycles. The van der Waals surface area contributed by atoms with Crippen LogP contribution in [0.5, 0.6) is 11.5 Å². The summed E-state index contributed by atoms with van der Waals surface area (Å²) in [6.07, 6.45) is 0. The van der Waals surface area contributed by atoms with Crippen LogP contribution in [0.25, 0.3) is 10.9 Å². The summed E-state index contributed by atoms with van der Waals surface area (Å²) in [5.74, 6) is -0.957. The summed E-state index contributed by atoms with van der Waals surface area (Å²) in [7, 11) is 1.56. The monoisotopic (exact) mass is 205 g/mol. The molecule has 78 valence electrons. The molecule has 0 saturated carbocycles. The molecule has 4 nitrogen and oxygen atoms in total. The molecule has 15 heavy (non-hydrogen) atoms. The number of hydrogen-bond acceptors (Lipinski definition) is 3. The summed E-state index contributed by atoms with van der Waals surface area (Å²) in [5, 5.41) is 19.4. The lowest BCUT2D eigenvalue weighted by atomic mass is 10.1. The summed E-state index contributed by atoms with van der Waals surface area (Å²) in [6, 6.07) is 5.28. The zero-order valence-electron chi connectivity index (χ0n) is 8.48. The van der Waals surface area contributed by atoms with E-state index in [0.29, 0.717) is 10.9 Å². The largest absolute Gasteiger partial charge is 0.504 e. The van der Waals surface area contributed by atoms with Gasteiger partial charge in [0, 0.05) is 12.4 Å². The summed E-state index contributed by atoms with van der Waals surface area (Å²) in [6.45, 7) is 1.90. The van der Waals surface area contributed by atoms with Crippen LogP contribution in [-0.2, 0) is 7.05 Å². The molecule has 2 rings (SSSR count). The van der Waals surface area contributed by atoms with E-state index in [1.165, 1.54) is 4.57 Å². The molecule has 1 heterocycles. The third-order valence-corrected chi connectivity index (χ3v) is 2.50. The second-order valence-electron chi connectivity index (χ2n) is 3.58. The molecule has 4 heteroatoms. The molecular weight excluding hydrogens is 194 g/mol. The van der Waals surface area contributed by atoms with E-state index >= 15 is 0 Å². The van der Waals surface area contributed by atoms with Crippen LogP contribution in [0.3, 0.4) is 0 Å². The molecule has 0 unspecified atom stereocenters. The molecule has 0 atom stereocenters. The third kappa shape index (κ3) is 1.26. The fraction of sp³-hybridized carbons (Fsp3) is 0.182. The van der Waals surface area contributed by atoms with Gasteiger partial charge in [0.2, 0.25) is 5.75 Å². The van der Waals surface area contributed by atoms with Crippen LogP contribution >= 0.6 is 0 Å². The van der Waals surface area contributed by atoms with Crippen LogP contribution in [0.2, 0.25) is 0 Å². The van der Waals surface area contributed by atoms with E-state index in [9.17, 15) is 15.0 Å². The highest BCUT2D eigenvalue weighted by Crippen LogP contribution is 2.30. The average molecular weight is 205 g/mol. The van der Waals surface area contributed by atoms with Crippen molar-refractivity contribution < 1.29 is 10.2 Å². The number of pyridine rings is 1. The van der Waals surface area contributed by atoms with E-state index in [1.54, 1.807) is 19.2 Å². The van der Waals surface area contributed by atoms with Crippen molar-refractivity contribution in [2.75, 3.05) is 0 Å². The summed E-state index contributed by atoms with van der Waals surface area (Å²) in [4.78, 5) is 11.5. The van der Waals surface area contributed by atoms with Crippen LogP contribution in [0.1, 0.15) is 5.56 Å². The first-order chi connectivity index (χ1) is 7.02. The lowest BCUT2D eigenvalue weighted by Gasteiger charge is -2.08. The maximum absolute atomic E-state index is 11.5. The molecule has 1 aromatic carbocycles. The van der Waals surface area contributed by atoms with Crippen molar-refractivity contribution in [3.05, 3.63) is 34.1 Å². The summed E-state index contributed by atoms with van der Waals surface area (Å²) in [5.41, 5.74) is 1.00. The lowest BCUT2D eigenvalue weighted by molar-refractivity contribution is 0.399. The van der Waals surface area contributed by atoms with Crippen molar-refractivity contribution in [1.29, 1.82) is 0 Å². The fourth-order valence-corrected chi connectivity index (χ4v) is 1.62. The van der Waals surface area contributed by atoms with Gasteiger partial charge in [0.05, 0.1) is 5.52 Å².